The Labute approximate surface area is 212 Å². The summed E-state index contributed by atoms with van der Waals surface area (Å²) < 4.78 is 1.82. The second-order valence-corrected chi connectivity index (χ2v) is 9.19. The Morgan fingerprint density at radius 3 is 2.68 bits per heavy atom. The maximum atomic E-state index is 12.7. The average molecular weight is 518 g/mol. The number of nitrogens with one attached hydrogen (secondary N) is 2. The van der Waals surface area contributed by atoms with Crippen molar-refractivity contribution in [2.24, 2.45) is 0 Å². The normalized spacial score (nSPS) is 11.6. The van der Waals surface area contributed by atoms with E-state index >= 15 is 0 Å². The van der Waals surface area contributed by atoms with Crippen LogP contribution in [0.2, 0.25) is 10.0 Å². The van der Waals surface area contributed by atoms with Crippen LogP contribution in [0.4, 0.5) is 5.69 Å². The van der Waals surface area contributed by atoms with Crippen molar-refractivity contribution in [1.29, 1.82) is 0 Å². The van der Waals surface area contributed by atoms with Gasteiger partial charge in [-0.05, 0) is 43.2 Å². The molecule has 0 aliphatic carbocycles. The minimum Gasteiger partial charge on any atom is -0.342 e. The third kappa shape index (κ3) is 6.40. The van der Waals surface area contributed by atoms with Gasteiger partial charge in [-0.3, -0.25) is 9.59 Å². The van der Waals surface area contributed by atoms with Crippen molar-refractivity contribution in [2.45, 2.75) is 38.0 Å². The van der Waals surface area contributed by atoms with E-state index in [0.29, 0.717) is 28.1 Å². The van der Waals surface area contributed by atoms with Gasteiger partial charge in [0.05, 0.1) is 22.4 Å². The summed E-state index contributed by atoms with van der Waals surface area (Å²) in [5, 5.41) is 15.6. The molecule has 34 heavy (non-hydrogen) atoms. The molecule has 2 amide bonds. The second-order valence-electron chi connectivity index (χ2n) is 7.41. The third-order valence-electron chi connectivity index (χ3n) is 4.97. The Morgan fingerprint density at radius 1 is 1.21 bits per heavy atom. The van der Waals surface area contributed by atoms with E-state index in [4.69, 9.17) is 23.2 Å². The van der Waals surface area contributed by atoms with Crippen LogP contribution in [0.25, 0.3) is 0 Å². The quantitative estimate of drug-likeness (QED) is 0.271. The Hall–Kier alpha value is -2.81. The molecule has 0 saturated heterocycles. The van der Waals surface area contributed by atoms with Gasteiger partial charge in [0.15, 0.2) is 11.0 Å². The van der Waals surface area contributed by atoms with Crippen LogP contribution in [0.5, 0.6) is 0 Å². The fourth-order valence-corrected chi connectivity index (χ4v) is 4.56. The topological polar surface area (TPSA) is 88.9 Å². The molecule has 1 atom stereocenters. The summed E-state index contributed by atoms with van der Waals surface area (Å²) in [6, 6.07) is 11.9. The van der Waals surface area contributed by atoms with Crippen LogP contribution in [0.3, 0.4) is 0 Å². The summed E-state index contributed by atoms with van der Waals surface area (Å²) in [4.78, 5) is 25.2. The lowest BCUT2D eigenvalue weighted by molar-refractivity contribution is -0.113. The van der Waals surface area contributed by atoms with Gasteiger partial charge in [-0.2, -0.15) is 0 Å². The Morgan fingerprint density at radius 2 is 1.97 bits per heavy atom. The summed E-state index contributed by atoms with van der Waals surface area (Å²) >= 11 is 13.3. The first kappa shape index (κ1) is 25.8. The molecule has 3 rings (SSSR count). The molecule has 1 aromatic heterocycles. The van der Waals surface area contributed by atoms with E-state index in [1.54, 1.807) is 25.1 Å². The van der Waals surface area contributed by atoms with Gasteiger partial charge in [0.2, 0.25) is 5.91 Å². The SMILES string of the molecule is C=CCn1c(SCC(=O)Nc2ccccc2CC)nnc1[C@H](C)NC(=O)c1ccc(Cl)cc1Cl. The summed E-state index contributed by atoms with van der Waals surface area (Å²) in [6.07, 6.45) is 2.53. The molecule has 0 aliphatic rings. The first-order chi connectivity index (χ1) is 16.3. The number of para-hydroxylation sites is 1. The van der Waals surface area contributed by atoms with Gasteiger partial charge in [-0.25, -0.2) is 0 Å². The Bertz CT molecular complexity index is 1200. The number of carbonyl (C=O) groups is 2. The van der Waals surface area contributed by atoms with Crippen molar-refractivity contribution >= 4 is 52.5 Å². The smallest absolute Gasteiger partial charge is 0.253 e. The maximum absolute atomic E-state index is 12.7. The number of allylic oxidation sites excluding steroid dienone is 1. The molecule has 2 N–H and O–H groups in total. The van der Waals surface area contributed by atoms with Crippen LogP contribution < -0.4 is 10.6 Å². The Balaban J connectivity index is 1.69. The maximum Gasteiger partial charge on any atom is 0.253 e. The summed E-state index contributed by atoms with van der Waals surface area (Å²) in [6.45, 7) is 8.06. The van der Waals surface area contributed by atoms with E-state index < -0.39 is 6.04 Å². The van der Waals surface area contributed by atoms with Gasteiger partial charge >= 0.3 is 0 Å². The largest absolute Gasteiger partial charge is 0.342 e. The number of hydrogen-bond donors (Lipinski definition) is 2. The lowest BCUT2D eigenvalue weighted by Gasteiger charge is -2.16. The van der Waals surface area contributed by atoms with Gasteiger partial charge in [0, 0.05) is 17.3 Å². The van der Waals surface area contributed by atoms with E-state index in [0.717, 1.165) is 17.7 Å². The first-order valence-electron chi connectivity index (χ1n) is 10.6. The highest BCUT2D eigenvalue weighted by molar-refractivity contribution is 7.99. The molecule has 10 heteroatoms. The fourth-order valence-electron chi connectivity index (χ4n) is 3.31. The summed E-state index contributed by atoms with van der Waals surface area (Å²) in [5.74, 6) is 0.205. The van der Waals surface area contributed by atoms with E-state index in [2.05, 4.69) is 27.4 Å². The molecule has 0 fully saturated rings. The van der Waals surface area contributed by atoms with E-state index in [1.165, 1.54) is 17.8 Å². The van der Waals surface area contributed by atoms with Crippen LogP contribution in [0, 0.1) is 0 Å². The molecule has 178 valence electrons. The van der Waals surface area contributed by atoms with Crippen molar-refractivity contribution in [3.8, 4) is 0 Å². The zero-order valence-corrected chi connectivity index (χ0v) is 21.2. The predicted octanol–water partition coefficient (Wildman–Crippen LogP) is 5.56. The van der Waals surface area contributed by atoms with E-state index in [9.17, 15) is 9.59 Å². The molecule has 1 heterocycles. The average Bonchev–Trinajstić information content (AvgIpc) is 3.21. The van der Waals surface area contributed by atoms with Gasteiger partial charge in [-0.1, -0.05) is 66.2 Å². The molecule has 0 spiro atoms. The van der Waals surface area contributed by atoms with Crippen LogP contribution in [-0.2, 0) is 17.8 Å². The number of nitrogens with zero attached hydrogens (tertiary/aromatic N) is 3. The highest BCUT2D eigenvalue weighted by atomic mass is 35.5. The van der Waals surface area contributed by atoms with Gasteiger partial charge in [-0.15, -0.1) is 16.8 Å². The zero-order valence-electron chi connectivity index (χ0n) is 18.8. The number of rotatable bonds is 10. The van der Waals surface area contributed by atoms with Crippen molar-refractivity contribution in [1.82, 2.24) is 20.1 Å². The molecular weight excluding hydrogens is 493 g/mol. The van der Waals surface area contributed by atoms with E-state index in [1.807, 2.05) is 35.8 Å². The van der Waals surface area contributed by atoms with Crippen molar-refractivity contribution < 1.29 is 9.59 Å². The molecule has 0 radical (unpaired) electrons. The molecule has 7 nitrogen and oxygen atoms in total. The number of halogens is 2. The minimum absolute atomic E-state index is 0.140. The predicted molar refractivity (Wildman–Crippen MR) is 138 cm³/mol. The highest BCUT2D eigenvalue weighted by Gasteiger charge is 2.21. The summed E-state index contributed by atoms with van der Waals surface area (Å²) in [7, 11) is 0. The van der Waals surface area contributed by atoms with Gasteiger partial charge in [0.1, 0.15) is 0 Å². The van der Waals surface area contributed by atoms with Crippen molar-refractivity contribution in [2.75, 3.05) is 11.1 Å². The molecular formula is C24H25Cl2N5O2S. The second kappa shape index (κ2) is 12.1. The number of anilines is 1. The number of benzene rings is 2. The molecule has 2 aromatic carbocycles. The number of hydrogen-bond acceptors (Lipinski definition) is 5. The first-order valence-corrected chi connectivity index (χ1v) is 12.4. The molecule has 3 aromatic rings. The summed E-state index contributed by atoms with van der Waals surface area (Å²) in [5.41, 5.74) is 2.19. The van der Waals surface area contributed by atoms with Crippen LogP contribution in [0.1, 0.15) is 41.6 Å². The number of aromatic nitrogens is 3. The number of thioether (sulfide) groups is 1. The van der Waals surface area contributed by atoms with Crippen LogP contribution in [-0.4, -0.2) is 32.3 Å². The molecule has 0 aliphatic heterocycles. The standard InChI is InChI=1S/C24H25Cl2N5O2S/c1-4-12-31-22(15(3)27-23(33)18-11-10-17(25)13-19(18)26)29-30-24(31)34-14-21(32)28-20-9-7-6-8-16(20)5-2/h4,6-11,13,15H,1,5,12,14H2,2-3H3,(H,27,33)(H,28,32)/t15-/m0/s1. The lowest BCUT2D eigenvalue weighted by atomic mass is 10.1. The van der Waals surface area contributed by atoms with Crippen LogP contribution in [0.15, 0.2) is 60.3 Å². The zero-order chi connectivity index (χ0) is 24.7. The Kier molecular flexibility index (Phi) is 9.15. The monoisotopic (exact) mass is 517 g/mol. The van der Waals surface area contributed by atoms with Crippen molar-refractivity contribution in [3.05, 3.63) is 82.1 Å². The molecule has 0 bridgehead atoms. The number of aryl methyl sites for hydroxylation is 1. The molecule has 0 unspecified atom stereocenters. The third-order valence-corrected chi connectivity index (χ3v) is 6.49. The minimum atomic E-state index is -0.466. The lowest BCUT2D eigenvalue weighted by Crippen LogP contribution is -2.29. The molecule has 0 saturated carbocycles. The number of amides is 2. The van der Waals surface area contributed by atoms with Crippen molar-refractivity contribution in [3.63, 3.8) is 0 Å². The highest BCUT2D eigenvalue weighted by Crippen LogP contribution is 2.24. The van der Waals surface area contributed by atoms with Gasteiger partial charge in [0.25, 0.3) is 5.91 Å². The fraction of sp³-hybridized carbons (Fsp3) is 0.250. The van der Waals surface area contributed by atoms with Crippen LogP contribution >= 0.6 is 35.0 Å². The van der Waals surface area contributed by atoms with Gasteiger partial charge < -0.3 is 15.2 Å². The number of carbonyl (C=O) groups excluding carboxylic acids is 2. The van der Waals surface area contributed by atoms with E-state index in [-0.39, 0.29) is 22.6 Å².